The molecule has 0 aliphatic rings. The van der Waals surface area contributed by atoms with E-state index in [0.29, 0.717) is 12.2 Å². The molecule has 0 atom stereocenters. The van der Waals surface area contributed by atoms with Crippen LogP contribution in [0, 0.1) is 5.92 Å². The Morgan fingerprint density at radius 3 is 2.29 bits per heavy atom. The number of carbonyl (C=O) groups excluding carboxylic acids is 1. The van der Waals surface area contributed by atoms with E-state index in [1.165, 1.54) is 18.4 Å². The van der Waals surface area contributed by atoms with Crippen LogP contribution in [0.4, 0.5) is 0 Å². The number of benzene rings is 1. The topological polar surface area (TPSA) is 17.1 Å². The van der Waals surface area contributed by atoms with Gasteiger partial charge in [-0.2, -0.15) is 0 Å². The summed E-state index contributed by atoms with van der Waals surface area (Å²) in [5, 5.41) is 0. The van der Waals surface area contributed by atoms with Gasteiger partial charge in [-0.05, 0) is 24.3 Å². The van der Waals surface area contributed by atoms with E-state index in [1.54, 1.807) is 0 Å². The van der Waals surface area contributed by atoms with Crippen molar-refractivity contribution in [2.24, 2.45) is 5.92 Å². The summed E-state index contributed by atoms with van der Waals surface area (Å²) in [7, 11) is 0. The van der Waals surface area contributed by atoms with Crippen molar-refractivity contribution in [3.8, 4) is 0 Å². The Kier molecular flexibility index (Phi) is 6.61. The third-order valence-corrected chi connectivity index (χ3v) is 3.52. The Balaban J connectivity index is 2.22. The maximum atomic E-state index is 11.8. The lowest BCUT2D eigenvalue weighted by Gasteiger charge is -2.10. The predicted molar refractivity (Wildman–Crippen MR) is 73.1 cm³/mol. The molecule has 1 aromatic carbocycles. The second-order valence-corrected chi connectivity index (χ2v) is 4.75. The summed E-state index contributed by atoms with van der Waals surface area (Å²) in [5.41, 5.74) is 1.27. The lowest BCUT2D eigenvalue weighted by atomic mass is 9.95. The molecule has 94 valence electrons. The third kappa shape index (κ3) is 5.67. The van der Waals surface area contributed by atoms with E-state index in [1.807, 2.05) is 18.2 Å². The molecular weight excluding hydrogens is 208 g/mol. The zero-order valence-electron chi connectivity index (χ0n) is 11.1. The highest BCUT2D eigenvalue weighted by Gasteiger charge is 2.07. The smallest absolute Gasteiger partial charge is 0.133 e. The molecule has 0 aliphatic heterocycles. The Morgan fingerprint density at radius 2 is 1.71 bits per heavy atom. The fourth-order valence-electron chi connectivity index (χ4n) is 2.12. The molecule has 1 rings (SSSR count). The second kappa shape index (κ2) is 8.05. The number of Topliss-reactive ketones (excluding diaryl/α,β-unsaturated/α-hetero) is 1. The summed E-state index contributed by atoms with van der Waals surface area (Å²) in [4.78, 5) is 11.8. The summed E-state index contributed by atoms with van der Waals surface area (Å²) in [6.45, 7) is 4.42. The first-order chi connectivity index (χ1) is 8.26. The van der Waals surface area contributed by atoms with Gasteiger partial charge in [0.05, 0.1) is 0 Å². The molecule has 0 radical (unpaired) electrons. The highest BCUT2D eigenvalue weighted by Crippen LogP contribution is 2.16. The van der Waals surface area contributed by atoms with E-state index >= 15 is 0 Å². The standard InChI is InChI=1S/C16H24O/c1-3-14(4-2)10-12-16(17)13-11-15-8-6-5-7-9-15/h5-9,14H,3-4,10-13H2,1-2H3. The van der Waals surface area contributed by atoms with E-state index in [9.17, 15) is 4.79 Å². The number of aryl methyl sites for hydroxylation is 1. The molecule has 0 aliphatic carbocycles. The molecule has 1 nitrogen and oxygen atoms in total. The SMILES string of the molecule is CCC(CC)CCC(=O)CCc1ccccc1. The summed E-state index contributed by atoms with van der Waals surface area (Å²) in [6.07, 6.45) is 5.82. The van der Waals surface area contributed by atoms with E-state index in [2.05, 4.69) is 26.0 Å². The van der Waals surface area contributed by atoms with Crippen molar-refractivity contribution in [1.82, 2.24) is 0 Å². The van der Waals surface area contributed by atoms with Crippen LogP contribution in [0.3, 0.4) is 0 Å². The second-order valence-electron chi connectivity index (χ2n) is 4.75. The molecule has 0 N–H and O–H groups in total. The van der Waals surface area contributed by atoms with Crippen LogP contribution in [0.5, 0.6) is 0 Å². The molecule has 0 fully saturated rings. The van der Waals surface area contributed by atoms with E-state index in [4.69, 9.17) is 0 Å². The van der Waals surface area contributed by atoms with Gasteiger partial charge in [0.15, 0.2) is 0 Å². The summed E-state index contributed by atoms with van der Waals surface area (Å²) in [6, 6.07) is 10.3. The Labute approximate surface area is 105 Å². The van der Waals surface area contributed by atoms with E-state index < -0.39 is 0 Å². The van der Waals surface area contributed by atoms with Gasteiger partial charge in [-0.25, -0.2) is 0 Å². The molecule has 0 spiro atoms. The van der Waals surface area contributed by atoms with Crippen molar-refractivity contribution < 1.29 is 4.79 Å². The lowest BCUT2D eigenvalue weighted by Crippen LogP contribution is -2.04. The fourth-order valence-corrected chi connectivity index (χ4v) is 2.12. The molecule has 1 heteroatoms. The van der Waals surface area contributed by atoms with Gasteiger partial charge < -0.3 is 0 Å². The monoisotopic (exact) mass is 232 g/mol. The van der Waals surface area contributed by atoms with Gasteiger partial charge >= 0.3 is 0 Å². The Hall–Kier alpha value is -1.11. The maximum absolute atomic E-state index is 11.8. The third-order valence-electron chi connectivity index (χ3n) is 3.52. The molecule has 0 saturated heterocycles. The highest BCUT2D eigenvalue weighted by molar-refractivity contribution is 5.78. The molecule has 0 heterocycles. The van der Waals surface area contributed by atoms with Crippen molar-refractivity contribution in [3.05, 3.63) is 35.9 Å². The number of hydrogen-bond acceptors (Lipinski definition) is 1. The van der Waals surface area contributed by atoms with Gasteiger partial charge in [0.2, 0.25) is 0 Å². The van der Waals surface area contributed by atoms with Crippen molar-refractivity contribution in [2.75, 3.05) is 0 Å². The van der Waals surface area contributed by atoms with Crippen LogP contribution in [0.1, 0.15) is 51.5 Å². The van der Waals surface area contributed by atoms with Crippen LogP contribution < -0.4 is 0 Å². The van der Waals surface area contributed by atoms with Gasteiger partial charge in [-0.3, -0.25) is 4.79 Å². The molecule has 0 unspecified atom stereocenters. The molecule has 0 bridgehead atoms. The normalized spacial score (nSPS) is 10.8. The quantitative estimate of drug-likeness (QED) is 0.649. The minimum absolute atomic E-state index is 0.417. The average molecular weight is 232 g/mol. The molecular formula is C16H24O. The zero-order chi connectivity index (χ0) is 12.5. The molecule has 0 saturated carbocycles. The van der Waals surface area contributed by atoms with Crippen molar-refractivity contribution in [3.63, 3.8) is 0 Å². The van der Waals surface area contributed by atoms with Gasteiger partial charge in [-0.1, -0.05) is 57.0 Å². The van der Waals surface area contributed by atoms with Crippen molar-refractivity contribution in [2.45, 2.75) is 52.4 Å². The Morgan fingerprint density at radius 1 is 1.06 bits per heavy atom. The number of ketones is 1. The van der Waals surface area contributed by atoms with Crippen LogP contribution in [0.15, 0.2) is 30.3 Å². The van der Waals surface area contributed by atoms with Gasteiger partial charge in [0.25, 0.3) is 0 Å². The van der Waals surface area contributed by atoms with E-state index in [-0.39, 0.29) is 0 Å². The summed E-state index contributed by atoms with van der Waals surface area (Å²) < 4.78 is 0. The van der Waals surface area contributed by atoms with Crippen LogP contribution >= 0.6 is 0 Å². The first kappa shape index (κ1) is 14.0. The summed E-state index contributed by atoms with van der Waals surface area (Å²) >= 11 is 0. The number of rotatable bonds is 8. The zero-order valence-corrected chi connectivity index (χ0v) is 11.1. The van der Waals surface area contributed by atoms with Crippen LogP contribution in [-0.4, -0.2) is 5.78 Å². The fraction of sp³-hybridized carbons (Fsp3) is 0.562. The number of hydrogen-bond donors (Lipinski definition) is 0. The summed E-state index contributed by atoms with van der Waals surface area (Å²) in [5.74, 6) is 1.15. The van der Waals surface area contributed by atoms with Gasteiger partial charge in [-0.15, -0.1) is 0 Å². The van der Waals surface area contributed by atoms with Gasteiger partial charge in [0.1, 0.15) is 5.78 Å². The van der Waals surface area contributed by atoms with Crippen molar-refractivity contribution in [1.29, 1.82) is 0 Å². The average Bonchev–Trinajstić information content (AvgIpc) is 2.39. The molecule has 0 aromatic heterocycles. The van der Waals surface area contributed by atoms with Crippen molar-refractivity contribution >= 4 is 5.78 Å². The highest BCUT2D eigenvalue weighted by atomic mass is 16.1. The Bertz CT molecular complexity index is 312. The number of carbonyl (C=O) groups is 1. The lowest BCUT2D eigenvalue weighted by molar-refractivity contribution is -0.119. The minimum Gasteiger partial charge on any atom is -0.300 e. The molecule has 17 heavy (non-hydrogen) atoms. The first-order valence-electron chi connectivity index (χ1n) is 6.81. The largest absolute Gasteiger partial charge is 0.300 e. The van der Waals surface area contributed by atoms with Crippen LogP contribution in [0.25, 0.3) is 0 Å². The van der Waals surface area contributed by atoms with Gasteiger partial charge in [0, 0.05) is 12.8 Å². The van der Waals surface area contributed by atoms with Crippen LogP contribution in [-0.2, 0) is 11.2 Å². The maximum Gasteiger partial charge on any atom is 0.133 e. The first-order valence-corrected chi connectivity index (χ1v) is 6.81. The van der Waals surface area contributed by atoms with Crippen LogP contribution in [0.2, 0.25) is 0 Å². The molecule has 0 amide bonds. The van der Waals surface area contributed by atoms with E-state index in [0.717, 1.165) is 25.2 Å². The molecule has 1 aromatic rings. The predicted octanol–water partition coefficient (Wildman–Crippen LogP) is 4.40. The minimum atomic E-state index is 0.417.